The molecule has 0 radical (unpaired) electrons. The van der Waals surface area contributed by atoms with Crippen LogP contribution in [0.4, 0.5) is 0 Å². The fourth-order valence-corrected chi connectivity index (χ4v) is 3.71. The molecule has 0 N–H and O–H groups in total. The lowest BCUT2D eigenvalue weighted by molar-refractivity contribution is 0.0457. The summed E-state index contributed by atoms with van der Waals surface area (Å²) >= 11 is 0. The van der Waals surface area contributed by atoms with E-state index in [9.17, 15) is 0 Å². The maximum Gasteiger partial charge on any atom is 0.0736 e. The van der Waals surface area contributed by atoms with Gasteiger partial charge in [-0.3, -0.25) is 9.88 Å². The largest absolute Gasteiger partial charge is 0.372 e. The van der Waals surface area contributed by atoms with Crippen molar-refractivity contribution in [3.05, 3.63) is 30.1 Å². The zero-order valence-electron chi connectivity index (χ0n) is 12.7. The molecule has 3 heterocycles. The average molecular weight is 287 g/mol. The van der Waals surface area contributed by atoms with E-state index in [-0.39, 0.29) is 0 Å². The van der Waals surface area contributed by atoms with Gasteiger partial charge >= 0.3 is 0 Å². The van der Waals surface area contributed by atoms with Crippen molar-refractivity contribution in [2.24, 2.45) is 5.92 Å². The second kappa shape index (κ2) is 6.03. The van der Waals surface area contributed by atoms with Crippen LogP contribution in [0.1, 0.15) is 24.8 Å². The van der Waals surface area contributed by atoms with Gasteiger partial charge in [-0.15, -0.1) is 0 Å². The summed E-state index contributed by atoms with van der Waals surface area (Å²) in [5.74, 6) is 1.01. The summed E-state index contributed by atoms with van der Waals surface area (Å²) in [4.78, 5) is 9.47. The molecule has 1 saturated carbocycles. The molecule has 2 saturated heterocycles. The molecule has 1 aromatic rings. The summed E-state index contributed by atoms with van der Waals surface area (Å²) in [6, 6.07) is 4.79. The third-order valence-electron chi connectivity index (χ3n) is 5.08. The van der Waals surface area contributed by atoms with Gasteiger partial charge in [0.25, 0.3) is 0 Å². The highest BCUT2D eigenvalue weighted by Gasteiger charge is 2.37. The molecule has 3 aliphatic rings. The van der Waals surface area contributed by atoms with Gasteiger partial charge in [-0.2, -0.15) is 0 Å². The van der Waals surface area contributed by atoms with Crippen LogP contribution in [0, 0.1) is 5.92 Å². The third-order valence-corrected chi connectivity index (χ3v) is 5.08. The van der Waals surface area contributed by atoms with Gasteiger partial charge in [-0.05, 0) is 36.8 Å². The molecule has 0 amide bonds. The number of ether oxygens (including phenoxy) is 1. The van der Waals surface area contributed by atoms with E-state index in [4.69, 9.17) is 4.74 Å². The van der Waals surface area contributed by atoms with Crippen molar-refractivity contribution < 1.29 is 4.74 Å². The zero-order chi connectivity index (χ0) is 14.1. The van der Waals surface area contributed by atoms with Crippen molar-refractivity contribution in [1.82, 2.24) is 14.8 Å². The lowest BCUT2D eigenvalue weighted by Crippen LogP contribution is -2.50. The maximum atomic E-state index is 6.11. The molecule has 0 aromatic carbocycles. The Morgan fingerprint density at radius 1 is 1.24 bits per heavy atom. The maximum absolute atomic E-state index is 6.11. The van der Waals surface area contributed by atoms with Gasteiger partial charge in [-0.25, -0.2) is 0 Å². The molecular formula is C17H25N3O. The van der Waals surface area contributed by atoms with Crippen molar-refractivity contribution in [1.29, 1.82) is 0 Å². The van der Waals surface area contributed by atoms with Crippen LogP contribution in [-0.4, -0.2) is 59.7 Å². The molecule has 1 aromatic heterocycles. The van der Waals surface area contributed by atoms with E-state index in [0.29, 0.717) is 12.7 Å². The number of aromatic nitrogens is 1. The highest BCUT2D eigenvalue weighted by Crippen LogP contribution is 2.31. The average Bonchev–Trinajstić information content (AvgIpc) is 3.23. The quantitative estimate of drug-likeness (QED) is 0.825. The van der Waals surface area contributed by atoms with Crippen LogP contribution in [0.3, 0.4) is 0 Å². The van der Waals surface area contributed by atoms with Crippen molar-refractivity contribution >= 4 is 0 Å². The van der Waals surface area contributed by atoms with Gasteiger partial charge in [0.15, 0.2) is 0 Å². The first kappa shape index (κ1) is 13.7. The van der Waals surface area contributed by atoms with Gasteiger partial charge in [0, 0.05) is 51.2 Å². The van der Waals surface area contributed by atoms with Crippen molar-refractivity contribution in [3.63, 3.8) is 0 Å². The van der Waals surface area contributed by atoms with Crippen molar-refractivity contribution in [2.45, 2.75) is 38.0 Å². The summed E-state index contributed by atoms with van der Waals surface area (Å²) in [6.07, 6.45) is 8.23. The van der Waals surface area contributed by atoms with Gasteiger partial charge in [0.05, 0.1) is 12.7 Å². The van der Waals surface area contributed by atoms with E-state index in [1.165, 1.54) is 51.0 Å². The van der Waals surface area contributed by atoms with Crippen molar-refractivity contribution in [3.8, 4) is 0 Å². The first-order chi connectivity index (χ1) is 10.4. The molecular weight excluding hydrogens is 262 g/mol. The van der Waals surface area contributed by atoms with Crippen LogP contribution in [0.5, 0.6) is 0 Å². The second-order valence-electron chi connectivity index (χ2n) is 6.88. The molecule has 4 rings (SSSR count). The lowest BCUT2D eigenvalue weighted by Gasteiger charge is -2.37. The lowest BCUT2D eigenvalue weighted by atomic mass is 10.1. The Labute approximate surface area is 127 Å². The molecule has 3 fully saturated rings. The van der Waals surface area contributed by atoms with Gasteiger partial charge < -0.3 is 9.64 Å². The number of hydrogen-bond donors (Lipinski definition) is 0. The number of pyridine rings is 1. The molecule has 2 unspecified atom stereocenters. The first-order valence-corrected chi connectivity index (χ1v) is 8.34. The molecule has 2 atom stereocenters. The first-order valence-electron chi connectivity index (χ1n) is 8.34. The predicted octanol–water partition coefficient (Wildman–Crippen LogP) is 1.77. The van der Waals surface area contributed by atoms with E-state index in [0.717, 1.165) is 18.5 Å². The third kappa shape index (κ3) is 3.44. The number of nitrogens with zero attached hydrogens (tertiary/aromatic N) is 3. The topological polar surface area (TPSA) is 28.6 Å². The number of rotatable bonds is 5. The fraction of sp³-hybridized carbons (Fsp3) is 0.706. The SMILES string of the molecule is c1cncc(COC2CC3CN(CC4CC4)CCN3C2)c1. The van der Waals surface area contributed by atoms with E-state index < -0.39 is 0 Å². The Morgan fingerprint density at radius 2 is 2.19 bits per heavy atom. The molecule has 0 spiro atoms. The van der Waals surface area contributed by atoms with Crippen LogP contribution >= 0.6 is 0 Å². The highest BCUT2D eigenvalue weighted by atomic mass is 16.5. The minimum absolute atomic E-state index is 0.399. The zero-order valence-corrected chi connectivity index (χ0v) is 12.7. The van der Waals surface area contributed by atoms with Crippen LogP contribution in [0.2, 0.25) is 0 Å². The van der Waals surface area contributed by atoms with Crippen LogP contribution in [0.25, 0.3) is 0 Å². The van der Waals surface area contributed by atoms with E-state index in [2.05, 4.69) is 20.9 Å². The Kier molecular flexibility index (Phi) is 3.93. The van der Waals surface area contributed by atoms with E-state index >= 15 is 0 Å². The molecule has 4 heteroatoms. The van der Waals surface area contributed by atoms with E-state index in [1.54, 1.807) is 0 Å². The minimum Gasteiger partial charge on any atom is -0.372 e. The minimum atomic E-state index is 0.399. The molecule has 21 heavy (non-hydrogen) atoms. The summed E-state index contributed by atoms with van der Waals surface area (Å²) in [6.45, 7) is 6.88. The monoisotopic (exact) mass is 287 g/mol. The smallest absolute Gasteiger partial charge is 0.0736 e. The highest BCUT2D eigenvalue weighted by molar-refractivity contribution is 5.07. The molecule has 114 valence electrons. The van der Waals surface area contributed by atoms with Crippen LogP contribution in [0.15, 0.2) is 24.5 Å². The van der Waals surface area contributed by atoms with Crippen LogP contribution < -0.4 is 0 Å². The Hall–Kier alpha value is -0.970. The normalized spacial score (nSPS) is 30.5. The van der Waals surface area contributed by atoms with Gasteiger partial charge in [-0.1, -0.05) is 6.07 Å². The Bertz CT molecular complexity index is 462. The Balaban J connectivity index is 1.26. The summed E-state index contributed by atoms with van der Waals surface area (Å²) < 4.78 is 6.11. The van der Waals surface area contributed by atoms with E-state index in [1.807, 2.05) is 18.5 Å². The second-order valence-corrected chi connectivity index (χ2v) is 6.88. The standard InChI is InChI=1S/C17H25N3O/c1-2-15(9-18-5-1)13-21-17-8-16-11-19(10-14-3-4-14)6-7-20(16)12-17/h1-2,5,9,14,16-17H,3-4,6-8,10-13H2. The number of hydrogen-bond acceptors (Lipinski definition) is 4. The summed E-state index contributed by atoms with van der Waals surface area (Å²) in [5.41, 5.74) is 1.18. The van der Waals surface area contributed by atoms with Gasteiger partial charge in [0.1, 0.15) is 0 Å². The van der Waals surface area contributed by atoms with Crippen LogP contribution in [-0.2, 0) is 11.3 Å². The molecule has 0 bridgehead atoms. The molecule has 2 aliphatic heterocycles. The number of piperazine rings is 1. The predicted molar refractivity (Wildman–Crippen MR) is 82.0 cm³/mol. The number of fused-ring (bicyclic) bond motifs is 1. The molecule has 4 nitrogen and oxygen atoms in total. The Morgan fingerprint density at radius 3 is 3.00 bits per heavy atom. The summed E-state index contributed by atoms with van der Waals surface area (Å²) in [5, 5.41) is 0. The van der Waals surface area contributed by atoms with Crippen molar-refractivity contribution in [2.75, 3.05) is 32.7 Å². The molecule has 1 aliphatic carbocycles. The summed E-state index contributed by atoms with van der Waals surface area (Å²) in [7, 11) is 0. The van der Waals surface area contributed by atoms with Gasteiger partial charge in [0.2, 0.25) is 0 Å². The fourth-order valence-electron chi connectivity index (χ4n) is 3.71.